The number of carbonyl (C=O) groups excluding carboxylic acids is 1. The molecule has 1 amide bonds. The smallest absolute Gasteiger partial charge is 0.326 e. The highest BCUT2D eigenvalue weighted by Gasteiger charge is 2.23. The summed E-state index contributed by atoms with van der Waals surface area (Å²) in [6.45, 7) is 7.99. The molecular weight excluding hydrogens is 490 g/mol. The molecule has 0 saturated carbocycles. The number of nitrogens with one attached hydrogen (secondary N) is 2. The lowest BCUT2D eigenvalue weighted by Gasteiger charge is -2.17. The average Bonchev–Trinajstić information content (AvgIpc) is 3.34. The number of hydrogen-bond donors (Lipinski definition) is 4. The number of aliphatic carboxylic acids is 1. The van der Waals surface area contributed by atoms with Crippen LogP contribution >= 0.6 is 0 Å². The largest absolute Gasteiger partial charge is 0.507 e. The summed E-state index contributed by atoms with van der Waals surface area (Å²) in [6, 6.07) is 20.2. The lowest BCUT2D eigenvalue weighted by atomic mass is 9.99. The minimum absolute atomic E-state index is 0.0964. The Kier molecular flexibility index (Phi) is 6.83. The fourth-order valence-corrected chi connectivity index (χ4v) is 4.88. The minimum Gasteiger partial charge on any atom is -0.507 e. The molecule has 5 rings (SSSR count). The van der Waals surface area contributed by atoms with Gasteiger partial charge in [0.05, 0.1) is 10.9 Å². The molecule has 1 aromatic heterocycles. The van der Waals surface area contributed by atoms with Crippen molar-refractivity contribution in [2.24, 2.45) is 5.92 Å². The number of rotatable bonds is 7. The van der Waals surface area contributed by atoms with E-state index in [1.54, 1.807) is 6.07 Å². The maximum atomic E-state index is 12.9. The van der Waals surface area contributed by atoms with Crippen molar-refractivity contribution in [3.05, 3.63) is 83.4 Å². The van der Waals surface area contributed by atoms with Gasteiger partial charge in [-0.3, -0.25) is 4.79 Å². The summed E-state index contributed by atoms with van der Waals surface area (Å²) in [6.07, 6.45) is 0.308. The number of aromatic hydroxyl groups is 1. The molecule has 4 aromatic carbocycles. The Bertz CT molecular complexity index is 1740. The Morgan fingerprint density at radius 2 is 1.67 bits per heavy atom. The molecule has 0 bridgehead atoms. The van der Waals surface area contributed by atoms with Gasteiger partial charge >= 0.3 is 5.97 Å². The molecule has 0 unspecified atom stereocenters. The Morgan fingerprint density at radius 1 is 0.923 bits per heavy atom. The Labute approximate surface area is 226 Å². The lowest BCUT2D eigenvalue weighted by Crippen LogP contribution is -2.41. The molecular formula is C32H31N3O4. The van der Waals surface area contributed by atoms with E-state index >= 15 is 0 Å². The van der Waals surface area contributed by atoms with Gasteiger partial charge in [-0.2, -0.15) is 0 Å². The van der Waals surface area contributed by atoms with Gasteiger partial charge in [-0.15, -0.1) is 0 Å². The first-order valence-corrected chi connectivity index (χ1v) is 13.0. The predicted octanol–water partition coefficient (Wildman–Crippen LogP) is 6.60. The molecule has 39 heavy (non-hydrogen) atoms. The van der Waals surface area contributed by atoms with Crippen LogP contribution in [0.25, 0.3) is 44.3 Å². The van der Waals surface area contributed by atoms with Gasteiger partial charge in [0.2, 0.25) is 0 Å². The standard InChI is InChI=1S/C32H31N3O4/c1-17(2)12-26(32(38)39)34-31(37)24-15-22-10-11-25-29(28(22)27(36)16-24)35-30(33-25)23-7-5-6-20(14-23)21-9-8-18(3)19(4)13-21/h5-11,13-17,26,36H,12H2,1-4H3,(H,33,35)(H,34,37)(H,38,39)/t26-/m0/s1. The van der Waals surface area contributed by atoms with Crippen LogP contribution in [-0.2, 0) is 4.79 Å². The topological polar surface area (TPSA) is 115 Å². The first-order chi connectivity index (χ1) is 18.6. The van der Waals surface area contributed by atoms with Crippen molar-refractivity contribution in [2.45, 2.75) is 40.2 Å². The van der Waals surface area contributed by atoms with E-state index in [9.17, 15) is 19.8 Å². The maximum absolute atomic E-state index is 12.9. The van der Waals surface area contributed by atoms with Crippen LogP contribution in [0.1, 0.15) is 41.8 Å². The summed E-state index contributed by atoms with van der Waals surface area (Å²) in [5.74, 6) is -0.968. The van der Waals surface area contributed by atoms with Crippen LogP contribution in [0.2, 0.25) is 0 Å². The Morgan fingerprint density at radius 3 is 2.38 bits per heavy atom. The molecule has 5 aromatic rings. The van der Waals surface area contributed by atoms with E-state index in [4.69, 9.17) is 4.98 Å². The van der Waals surface area contributed by atoms with E-state index in [1.807, 2.05) is 38.1 Å². The van der Waals surface area contributed by atoms with Crippen LogP contribution in [0.4, 0.5) is 0 Å². The molecule has 1 atom stereocenters. The third-order valence-electron chi connectivity index (χ3n) is 7.10. The molecule has 0 saturated heterocycles. The van der Waals surface area contributed by atoms with E-state index in [0.29, 0.717) is 28.5 Å². The first-order valence-electron chi connectivity index (χ1n) is 13.0. The van der Waals surface area contributed by atoms with Crippen LogP contribution in [0.3, 0.4) is 0 Å². The van der Waals surface area contributed by atoms with Crippen LogP contribution in [-0.4, -0.2) is 38.1 Å². The number of phenols is 1. The second-order valence-electron chi connectivity index (χ2n) is 10.5. The monoisotopic (exact) mass is 521 g/mol. The van der Waals surface area contributed by atoms with Crippen LogP contribution in [0.5, 0.6) is 5.75 Å². The van der Waals surface area contributed by atoms with Crippen LogP contribution < -0.4 is 5.32 Å². The SMILES string of the molecule is Cc1ccc(-c2cccc(-c3nc4c(ccc5cc(C(=O)N[C@@H](CC(C)C)C(=O)O)cc(O)c54)[nH]3)c2)cc1C. The normalized spacial score (nSPS) is 12.2. The number of carboxylic acid groups (broad SMARTS) is 1. The highest BCUT2D eigenvalue weighted by molar-refractivity contribution is 6.11. The van der Waals surface area contributed by atoms with Crippen molar-refractivity contribution in [2.75, 3.05) is 0 Å². The van der Waals surface area contributed by atoms with Gasteiger partial charge in [0.15, 0.2) is 0 Å². The number of aromatic nitrogens is 2. The number of benzene rings is 4. The van der Waals surface area contributed by atoms with E-state index in [2.05, 4.69) is 54.5 Å². The molecule has 1 heterocycles. The van der Waals surface area contributed by atoms with Crippen molar-refractivity contribution in [3.63, 3.8) is 0 Å². The van der Waals surface area contributed by atoms with E-state index < -0.39 is 17.9 Å². The summed E-state index contributed by atoms with van der Waals surface area (Å²) in [5, 5.41) is 24.2. The zero-order valence-corrected chi connectivity index (χ0v) is 22.4. The van der Waals surface area contributed by atoms with E-state index in [-0.39, 0.29) is 17.2 Å². The summed E-state index contributed by atoms with van der Waals surface area (Å²) in [5.41, 5.74) is 7.13. The van der Waals surface area contributed by atoms with Crippen molar-refractivity contribution < 1.29 is 19.8 Å². The molecule has 198 valence electrons. The molecule has 7 nitrogen and oxygen atoms in total. The van der Waals surface area contributed by atoms with Gasteiger partial charge in [-0.25, -0.2) is 9.78 Å². The summed E-state index contributed by atoms with van der Waals surface area (Å²) < 4.78 is 0. The molecule has 4 N–H and O–H groups in total. The number of aryl methyl sites for hydroxylation is 2. The van der Waals surface area contributed by atoms with Crippen molar-refractivity contribution in [3.8, 4) is 28.3 Å². The predicted molar refractivity (Wildman–Crippen MR) is 154 cm³/mol. The fourth-order valence-electron chi connectivity index (χ4n) is 4.88. The summed E-state index contributed by atoms with van der Waals surface area (Å²) in [4.78, 5) is 32.7. The van der Waals surface area contributed by atoms with Crippen molar-refractivity contribution >= 4 is 33.7 Å². The molecule has 0 fully saturated rings. The van der Waals surface area contributed by atoms with Crippen LogP contribution in [0, 0.1) is 19.8 Å². The first kappa shape index (κ1) is 26.0. The number of phenolic OH excluding ortho intramolecular Hbond substituents is 1. The molecule has 7 heteroatoms. The molecule has 0 aliphatic carbocycles. The molecule has 0 radical (unpaired) electrons. The van der Waals surface area contributed by atoms with Gasteiger partial charge in [0.1, 0.15) is 23.1 Å². The zero-order valence-electron chi connectivity index (χ0n) is 22.4. The number of H-pyrrole nitrogens is 1. The van der Waals surface area contributed by atoms with Gasteiger partial charge in [-0.1, -0.05) is 56.3 Å². The van der Waals surface area contributed by atoms with Gasteiger partial charge in [0.25, 0.3) is 5.91 Å². The Balaban J connectivity index is 1.51. The molecule has 0 aliphatic heterocycles. The summed E-state index contributed by atoms with van der Waals surface area (Å²) >= 11 is 0. The second-order valence-corrected chi connectivity index (χ2v) is 10.5. The maximum Gasteiger partial charge on any atom is 0.326 e. The third kappa shape index (κ3) is 5.21. The Hall–Kier alpha value is -4.65. The second kappa shape index (κ2) is 10.3. The quantitative estimate of drug-likeness (QED) is 0.193. The number of amides is 1. The highest BCUT2D eigenvalue weighted by Crippen LogP contribution is 2.35. The third-order valence-corrected chi connectivity index (χ3v) is 7.10. The molecule has 0 spiro atoms. The van der Waals surface area contributed by atoms with Gasteiger partial charge in [0, 0.05) is 11.1 Å². The highest BCUT2D eigenvalue weighted by atomic mass is 16.4. The van der Waals surface area contributed by atoms with Gasteiger partial charge < -0.3 is 20.5 Å². The van der Waals surface area contributed by atoms with Gasteiger partial charge in [-0.05, 0) is 78.1 Å². The number of carboxylic acids is 1. The minimum atomic E-state index is -1.09. The fraction of sp³-hybridized carbons (Fsp3) is 0.219. The number of imidazole rings is 1. The summed E-state index contributed by atoms with van der Waals surface area (Å²) in [7, 11) is 0. The number of carbonyl (C=O) groups is 2. The van der Waals surface area contributed by atoms with Crippen molar-refractivity contribution in [1.29, 1.82) is 0 Å². The van der Waals surface area contributed by atoms with Crippen LogP contribution in [0.15, 0.2) is 66.7 Å². The van der Waals surface area contributed by atoms with E-state index in [0.717, 1.165) is 22.2 Å². The molecule has 0 aliphatic rings. The zero-order chi connectivity index (χ0) is 27.8. The number of hydrogen-bond acceptors (Lipinski definition) is 4. The van der Waals surface area contributed by atoms with E-state index in [1.165, 1.54) is 17.2 Å². The number of nitrogens with zero attached hydrogens (tertiary/aromatic N) is 1. The average molecular weight is 522 g/mol. The number of fused-ring (bicyclic) bond motifs is 3. The van der Waals surface area contributed by atoms with Crippen molar-refractivity contribution in [1.82, 2.24) is 15.3 Å². The number of aromatic amines is 1. The lowest BCUT2D eigenvalue weighted by molar-refractivity contribution is -0.139.